The fourth-order valence-corrected chi connectivity index (χ4v) is 1.59. The average Bonchev–Trinajstić information content (AvgIpc) is 2.46. The van der Waals surface area contributed by atoms with Crippen molar-refractivity contribution in [2.75, 3.05) is 17.2 Å². The van der Waals surface area contributed by atoms with Gasteiger partial charge in [-0.2, -0.15) is 5.26 Å². The fraction of sp³-hybridized carbons (Fsp3) is 0.143. The first-order chi connectivity index (χ1) is 9.69. The van der Waals surface area contributed by atoms with Crippen molar-refractivity contribution in [3.63, 3.8) is 0 Å². The van der Waals surface area contributed by atoms with Crippen molar-refractivity contribution < 1.29 is 4.79 Å². The van der Waals surface area contributed by atoms with Gasteiger partial charge in [-0.25, -0.2) is 9.97 Å². The molecule has 0 aliphatic heterocycles. The van der Waals surface area contributed by atoms with Gasteiger partial charge in [0.05, 0.1) is 6.07 Å². The number of nitriles is 1. The Hall–Kier alpha value is -2.94. The summed E-state index contributed by atoms with van der Waals surface area (Å²) < 4.78 is 0. The highest BCUT2D eigenvalue weighted by Crippen LogP contribution is 2.17. The van der Waals surface area contributed by atoms with Crippen LogP contribution in [-0.4, -0.2) is 22.3 Å². The van der Waals surface area contributed by atoms with Gasteiger partial charge in [0.2, 0.25) is 0 Å². The first-order valence-electron chi connectivity index (χ1n) is 6.00. The lowest BCUT2D eigenvalue weighted by Crippen LogP contribution is -2.02. The zero-order valence-electron chi connectivity index (χ0n) is 10.9. The maximum atomic E-state index is 11.2. The molecule has 0 radical (unpaired) electrons. The van der Waals surface area contributed by atoms with Crippen LogP contribution in [0.2, 0.25) is 0 Å². The normalized spacial score (nSPS) is 9.60. The van der Waals surface area contributed by atoms with E-state index in [-0.39, 0.29) is 12.3 Å². The van der Waals surface area contributed by atoms with Crippen molar-refractivity contribution in [1.82, 2.24) is 9.97 Å². The molecule has 0 unspecified atom stereocenters. The van der Waals surface area contributed by atoms with Crippen molar-refractivity contribution in [3.05, 3.63) is 42.2 Å². The molecule has 6 nitrogen and oxygen atoms in total. The van der Waals surface area contributed by atoms with Crippen LogP contribution in [-0.2, 0) is 0 Å². The Morgan fingerprint density at radius 2 is 1.95 bits per heavy atom. The number of nitrogens with zero attached hydrogens (tertiary/aromatic N) is 3. The second-order valence-corrected chi connectivity index (χ2v) is 4.06. The van der Waals surface area contributed by atoms with Gasteiger partial charge in [-0.3, -0.25) is 4.79 Å². The van der Waals surface area contributed by atoms with Crippen LogP contribution in [0, 0.1) is 11.3 Å². The first kappa shape index (κ1) is 13.5. The van der Waals surface area contributed by atoms with Crippen LogP contribution in [0.5, 0.6) is 0 Å². The number of aromatic nitrogens is 2. The molecule has 0 saturated carbocycles. The van der Waals surface area contributed by atoms with Crippen molar-refractivity contribution >= 4 is 23.1 Å². The molecule has 1 aromatic heterocycles. The minimum absolute atomic E-state index is 0.0292. The topological polar surface area (TPSA) is 90.7 Å². The third-order valence-electron chi connectivity index (χ3n) is 2.58. The van der Waals surface area contributed by atoms with Crippen LogP contribution in [0.15, 0.2) is 36.7 Å². The first-order valence-corrected chi connectivity index (χ1v) is 6.00. The van der Waals surface area contributed by atoms with Crippen molar-refractivity contribution in [2.45, 2.75) is 6.92 Å². The van der Waals surface area contributed by atoms with Gasteiger partial charge in [0.1, 0.15) is 24.5 Å². The summed E-state index contributed by atoms with van der Waals surface area (Å²) in [5.41, 5.74) is 1.48. The number of Topliss-reactive ketones (excluding diaryl/α,β-unsaturated/α-hetero) is 1. The number of hydrogen-bond acceptors (Lipinski definition) is 6. The maximum absolute atomic E-state index is 11.2. The van der Waals surface area contributed by atoms with E-state index in [9.17, 15) is 4.79 Å². The molecular formula is C14H13N5O. The Morgan fingerprint density at radius 3 is 2.60 bits per heavy atom. The fourth-order valence-electron chi connectivity index (χ4n) is 1.59. The standard InChI is InChI=1S/C14H13N5O/c1-10(20)11-2-4-12(5-3-11)19-14-8-13(16-7-6-15)17-9-18-14/h2-5,8-9H,7H2,1H3,(H2,16,17,18,19). The van der Waals surface area contributed by atoms with E-state index in [4.69, 9.17) is 5.26 Å². The van der Waals surface area contributed by atoms with E-state index < -0.39 is 0 Å². The summed E-state index contributed by atoms with van der Waals surface area (Å²) in [6.45, 7) is 1.71. The van der Waals surface area contributed by atoms with Crippen LogP contribution >= 0.6 is 0 Å². The Kier molecular flexibility index (Phi) is 4.24. The van der Waals surface area contributed by atoms with E-state index in [0.717, 1.165) is 5.69 Å². The summed E-state index contributed by atoms with van der Waals surface area (Å²) in [5, 5.41) is 14.5. The lowest BCUT2D eigenvalue weighted by Gasteiger charge is -2.07. The molecule has 0 fully saturated rings. The molecule has 2 rings (SSSR count). The number of benzene rings is 1. The number of carbonyl (C=O) groups excluding carboxylic acids is 1. The van der Waals surface area contributed by atoms with Gasteiger partial charge in [0, 0.05) is 17.3 Å². The number of carbonyl (C=O) groups is 1. The van der Waals surface area contributed by atoms with Crippen molar-refractivity contribution in [3.8, 4) is 6.07 Å². The minimum Gasteiger partial charge on any atom is -0.357 e. The van der Waals surface area contributed by atoms with Gasteiger partial charge < -0.3 is 10.6 Å². The maximum Gasteiger partial charge on any atom is 0.159 e. The van der Waals surface area contributed by atoms with Crippen molar-refractivity contribution in [1.29, 1.82) is 5.26 Å². The minimum atomic E-state index is 0.0292. The third kappa shape index (κ3) is 3.53. The molecule has 0 atom stereocenters. The number of nitrogens with one attached hydrogen (secondary N) is 2. The zero-order chi connectivity index (χ0) is 14.4. The van der Waals surface area contributed by atoms with E-state index in [1.165, 1.54) is 13.3 Å². The molecule has 100 valence electrons. The summed E-state index contributed by atoms with van der Waals surface area (Å²) >= 11 is 0. The Labute approximate surface area is 116 Å². The second kappa shape index (κ2) is 6.29. The molecule has 0 aliphatic rings. The second-order valence-electron chi connectivity index (χ2n) is 4.06. The Bertz CT molecular complexity index is 645. The summed E-state index contributed by atoms with van der Waals surface area (Å²) in [7, 11) is 0. The molecule has 20 heavy (non-hydrogen) atoms. The lowest BCUT2D eigenvalue weighted by molar-refractivity contribution is 0.101. The molecule has 2 aromatic rings. The molecule has 2 N–H and O–H groups in total. The Morgan fingerprint density at radius 1 is 1.25 bits per heavy atom. The number of ketones is 1. The third-order valence-corrected chi connectivity index (χ3v) is 2.58. The lowest BCUT2D eigenvalue weighted by atomic mass is 10.1. The summed E-state index contributed by atoms with van der Waals surface area (Å²) in [5.74, 6) is 1.21. The predicted octanol–water partition coefficient (Wildman–Crippen LogP) is 2.36. The summed E-state index contributed by atoms with van der Waals surface area (Å²) in [6.07, 6.45) is 1.41. The van der Waals surface area contributed by atoms with Crippen LogP contribution in [0.1, 0.15) is 17.3 Å². The molecule has 0 amide bonds. The summed E-state index contributed by atoms with van der Waals surface area (Å²) in [4.78, 5) is 19.3. The SMILES string of the molecule is CC(=O)c1ccc(Nc2cc(NCC#N)ncn2)cc1. The smallest absolute Gasteiger partial charge is 0.159 e. The van der Waals surface area contributed by atoms with Gasteiger partial charge in [-0.05, 0) is 31.2 Å². The number of rotatable bonds is 5. The zero-order valence-corrected chi connectivity index (χ0v) is 10.9. The van der Waals surface area contributed by atoms with Gasteiger partial charge >= 0.3 is 0 Å². The molecule has 0 bridgehead atoms. The van der Waals surface area contributed by atoms with Gasteiger partial charge in [-0.1, -0.05) is 0 Å². The van der Waals surface area contributed by atoms with Gasteiger partial charge in [0.15, 0.2) is 5.78 Å². The van der Waals surface area contributed by atoms with E-state index in [0.29, 0.717) is 17.2 Å². The number of hydrogen-bond donors (Lipinski definition) is 2. The van der Waals surface area contributed by atoms with Crippen molar-refractivity contribution in [2.24, 2.45) is 0 Å². The molecule has 1 heterocycles. The van der Waals surface area contributed by atoms with Crippen LogP contribution < -0.4 is 10.6 Å². The quantitative estimate of drug-likeness (QED) is 0.638. The molecule has 0 aliphatic carbocycles. The van der Waals surface area contributed by atoms with E-state index in [1.54, 1.807) is 30.3 Å². The van der Waals surface area contributed by atoms with Crippen LogP contribution in [0.3, 0.4) is 0 Å². The van der Waals surface area contributed by atoms with Crippen LogP contribution in [0.25, 0.3) is 0 Å². The monoisotopic (exact) mass is 267 g/mol. The number of anilines is 3. The van der Waals surface area contributed by atoms with E-state index in [1.807, 2.05) is 6.07 Å². The van der Waals surface area contributed by atoms with E-state index >= 15 is 0 Å². The largest absolute Gasteiger partial charge is 0.357 e. The molecule has 0 saturated heterocycles. The predicted molar refractivity (Wildman–Crippen MR) is 75.9 cm³/mol. The van der Waals surface area contributed by atoms with Gasteiger partial charge in [0.25, 0.3) is 0 Å². The highest BCUT2D eigenvalue weighted by Gasteiger charge is 2.01. The summed E-state index contributed by atoms with van der Waals surface area (Å²) in [6, 6.07) is 10.8. The molecule has 0 spiro atoms. The van der Waals surface area contributed by atoms with E-state index in [2.05, 4.69) is 20.6 Å². The molecule has 1 aromatic carbocycles. The average molecular weight is 267 g/mol. The highest BCUT2D eigenvalue weighted by atomic mass is 16.1. The molecular weight excluding hydrogens is 254 g/mol. The Balaban J connectivity index is 2.09. The highest BCUT2D eigenvalue weighted by molar-refractivity contribution is 5.94. The van der Waals surface area contributed by atoms with Crippen LogP contribution in [0.4, 0.5) is 17.3 Å². The van der Waals surface area contributed by atoms with Gasteiger partial charge in [-0.15, -0.1) is 0 Å². The molecule has 6 heteroatoms.